The first kappa shape index (κ1) is 27.2. The number of carbonyl (C=O) groups excluding carboxylic acids is 2. The van der Waals surface area contributed by atoms with Crippen LogP contribution in [0, 0.1) is 0 Å². The molecule has 1 fully saturated rings. The van der Waals surface area contributed by atoms with Crippen LogP contribution in [0.2, 0.25) is 0 Å². The minimum absolute atomic E-state index is 0.0733. The Morgan fingerprint density at radius 2 is 1.88 bits per heavy atom. The van der Waals surface area contributed by atoms with Crippen molar-refractivity contribution in [1.82, 2.24) is 15.2 Å². The standard InChI is InChI=1S/C32H33F2N3O4/c1-18-28(30(39)41-27-16-37(3)17-32(27,33)34)31(2,22-9-7-10-23-21(22)12-13-35-23)29-24(36-18)14-19(15-25(29)38)20-8-5-6-11-26(20)40-4/h5-13,19,27,35-36H,14-17H2,1-4H3/t19-,27+,31+/m1/s1. The highest BCUT2D eigenvalue weighted by atomic mass is 19.3. The van der Waals surface area contributed by atoms with Crippen LogP contribution >= 0.6 is 0 Å². The zero-order chi connectivity index (χ0) is 29.1. The van der Waals surface area contributed by atoms with E-state index in [4.69, 9.17) is 9.47 Å². The molecule has 0 spiro atoms. The second kappa shape index (κ2) is 9.83. The van der Waals surface area contributed by atoms with Crippen LogP contribution in [0.3, 0.4) is 0 Å². The van der Waals surface area contributed by atoms with Gasteiger partial charge < -0.3 is 19.8 Å². The number of nitrogens with one attached hydrogen (secondary N) is 2. The lowest BCUT2D eigenvalue weighted by Gasteiger charge is -2.43. The number of likely N-dealkylation sites (N-methyl/N-ethyl adjacent to an activating group) is 1. The largest absolute Gasteiger partial charge is 0.496 e. The topological polar surface area (TPSA) is 83.7 Å². The highest BCUT2D eigenvalue weighted by Crippen LogP contribution is 2.52. The van der Waals surface area contributed by atoms with E-state index in [0.717, 1.165) is 22.0 Å². The fourth-order valence-electron chi connectivity index (χ4n) is 7.02. The molecular formula is C32H33F2N3O4. The third-order valence-electron chi connectivity index (χ3n) is 8.77. The number of dihydropyridines is 1. The number of carbonyl (C=O) groups is 2. The molecule has 3 aromatic rings. The number of nitrogens with zero attached hydrogens (tertiary/aromatic N) is 1. The summed E-state index contributed by atoms with van der Waals surface area (Å²) in [5.74, 6) is -3.56. The molecule has 1 aliphatic carbocycles. The van der Waals surface area contributed by atoms with E-state index in [1.807, 2.05) is 55.5 Å². The van der Waals surface area contributed by atoms with Gasteiger partial charge in [0.25, 0.3) is 5.92 Å². The van der Waals surface area contributed by atoms with E-state index in [-0.39, 0.29) is 30.2 Å². The molecule has 2 N–H and O–H groups in total. The van der Waals surface area contributed by atoms with E-state index in [1.165, 1.54) is 4.90 Å². The number of halogens is 2. The summed E-state index contributed by atoms with van der Waals surface area (Å²) in [5.41, 5.74) is 3.09. The monoisotopic (exact) mass is 561 g/mol. The maximum absolute atomic E-state index is 14.7. The van der Waals surface area contributed by atoms with E-state index in [0.29, 0.717) is 29.1 Å². The molecule has 3 atom stereocenters. The van der Waals surface area contributed by atoms with Crippen LogP contribution in [0.25, 0.3) is 10.9 Å². The van der Waals surface area contributed by atoms with Crippen molar-refractivity contribution in [2.45, 2.75) is 50.0 Å². The van der Waals surface area contributed by atoms with Crippen LogP contribution in [0.1, 0.15) is 43.7 Å². The smallest absolute Gasteiger partial charge is 0.337 e. The second-order valence-electron chi connectivity index (χ2n) is 11.5. The number of benzene rings is 2. The van der Waals surface area contributed by atoms with Crippen molar-refractivity contribution in [3.05, 3.63) is 88.4 Å². The van der Waals surface area contributed by atoms with E-state index < -0.39 is 30.0 Å². The molecule has 6 rings (SSSR count). The van der Waals surface area contributed by atoms with E-state index in [9.17, 15) is 18.4 Å². The van der Waals surface area contributed by atoms with Gasteiger partial charge in [-0.25, -0.2) is 13.6 Å². The Morgan fingerprint density at radius 1 is 1.10 bits per heavy atom. The van der Waals surface area contributed by atoms with Crippen molar-refractivity contribution in [3.63, 3.8) is 0 Å². The van der Waals surface area contributed by atoms with E-state index in [2.05, 4.69) is 10.3 Å². The molecule has 3 heterocycles. The molecule has 0 saturated carbocycles. The molecule has 0 radical (unpaired) electrons. The summed E-state index contributed by atoms with van der Waals surface area (Å²) in [6.07, 6.45) is 0.954. The number of fused-ring (bicyclic) bond motifs is 1. The van der Waals surface area contributed by atoms with Gasteiger partial charge in [0, 0.05) is 53.0 Å². The van der Waals surface area contributed by atoms with Crippen molar-refractivity contribution >= 4 is 22.7 Å². The number of aromatic amines is 1. The first-order valence-corrected chi connectivity index (χ1v) is 13.8. The molecule has 1 aromatic heterocycles. The van der Waals surface area contributed by atoms with Gasteiger partial charge in [0.05, 0.1) is 24.6 Å². The number of hydrogen-bond acceptors (Lipinski definition) is 6. The zero-order valence-electron chi connectivity index (χ0n) is 23.5. The number of esters is 1. The van der Waals surface area contributed by atoms with Crippen molar-refractivity contribution in [2.24, 2.45) is 0 Å². The third kappa shape index (κ3) is 4.34. The lowest BCUT2D eigenvalue weighted by atomic mass is 9.62. The Labute approximate surface area is 237 Å². The molecule has 41 heavy (non-hydrogen) atoms. The van der Waals surface area contributed by atoms with Crippen molar-refractivity contribution in [1.29, 1.82) is 0 Å². The minimum Gasteiger partial charge on any atom is -0.496 e. The Hall–Kier alpha value is -3.98. The number of aromatic nitrogens is 1. The van der Waals surface area contributed by atoms with Gasteiger partial charge in [0.2, 0.25) is 0 Å². The average molecular weight is 562 g/mol. The Kier molecular flexibility index (Phi) is 6.53. The number of alkyl halides is 2. The number of Topliss-reactive ketones (excluding diaryl/α,β-unsaturated/α-hetero) is 1. The van der Waals surface area contributed by atoms with Crippen molar-refractivity contribution < 1.29 is 27.8 Å². The summed E-state index contributed by atoms with van der Waals surface area (Å²) in [7, 11) is 3.18. The van der Waals surface area contributed by atoms with Crippen LogP contribution in [-0.2, 0) is 19.7 Å². The fourth-order valence-corrected chi connectivity index (χ4v) is 7.02. The summed E-state index contributed by atoms with van der Waals surface area (Å²) < 4.78 is 40.6. The van der Waals surface area contributed by atoms with Gasteiger partial charge in [0.15, 0.2) is 11.9 Å². The van der Waals surface area contributed by atoms with Gasteiger partial charge in [-0.1, -0.05) is 30.3 Å². The molecule has 9 heteroatoms. The quantitative estimate of drug-likeness (QED) is 0.417. The Morgan fingerprint density at radius 3 is 2.61 bits per heavy atom. The Balaban J connectivity index is 1.49. The third-order valence-corrected chi connectivity index (χ3v) is 8.77. The lowest BCUT2D eigenvalue weighted by molar-refractivity contribution is -0.160. The lowest BCUT2D eigenvalue weighted by Crippen LogP contribution is -2.47. The number of allylic oxidation sites excluding steroid dienone is 3. The first-order valence-electron chi connectivity index (χ1n) is 13.8. The van der Waals surface area contributed by atoms with Gasteiger partial charge >= 0.3 is 5.97 Å². The van der Waals surface area contributed by atoms with Crippen LogP contribution < -0.4 is 10.1 Å². The number of rotatable bonds is 5. The van der Waals surface area contributed by atoms with Gasteiger partial charge in [-0.3, -0.25) is 9.69 Å². The molecule has 0 unspecified atom stereocenters. The van der Waals surface area contributed by atoms with Gasteiger partial charge in [0.1, 0.15) is 5.75 Å². The van der Waals surface area contributed by atoms with Crippen molar-refractivity contribution in [2.75, 3.05) is 27.2 Å². The maximum atomic E-state index is 14.7. The average Bonchev–Trinajstić information content (AvgIpc) is 3.50. The first-order chi connectivity index (χ1) is 19.5. The molecule has 3 aliphatic rings. The number of para-hydroxylation sites is 1. The molecule has 0 bridgehead atoms. The molecule has 0 amide bonds. The number of H-pyrrole nitrogens is 1. The molecule has 214 valence electrons. The predicted molar refractivity (Wildman–Crippen MR) is 151 cm³/mol. The fraction of sp³-hybridized carbons (Fsp3) is 0.375. The Bertz CT molecular complexity index is 1620. The summed E-state index contributed by atoms with van der Waals surface area (Å²) in [6.45, 7) is 3.02. The molecular weight excluding hydrogens is 528 g/mol. The maximum Gasteiger partial charge on any atom is 0.337 e. The highest BCUT2D eigenvalue weighted by Gasteiger charge is 2.54. The molecule has 1 saturated heterocycles. The van der Waals surface area contributed by atoms with E-state index >= 15 is 0 Å². The normalized spacial score (nSPS) is 26.2. The summed E-state index contributed by atoms with van der Waals surface area (Å²) in [6, 6.07) is 15.2. The van der Waals surface area contributed by atoms with Gasteiger partial charge in [-0.2, -0.15) is 0 Å². The van der Waals surface area contributed by atoms with Crippen LogP contribution in [-0.4, -0.2) is 60.9 Å². The summed E-state index contributed by atoms with van der Waals surface area (Å²) in [5, 5.41) is 4.17. The number of ketones is 1. The summed E-state index contributed by atoms with van der Waals surface area (Å²) >= 11 is 0. The zero-order valence-corrected chi connectivity index (χ0v) is 23.5. The molecule has 2 aliphatic heterocycles. The van der Waals surface area contributed by atoms with Crippen LogP contribution in [0.4, 0.5) is 8.78 Å². The number of likely N-dealkylation sites (tertiary alicyclic amines) is 1. The number of hydrogen-bond donors (Lipinski definition) is 2. The summed E-state index contributed by atoms with van der Waals surface area (Å²) in [4.78, 5) is 32.8. The van der Waals surface area contributed by atoms with Crippen LogP contribution in [0.5, 0.6) is 5.75 Å². The highest BCUT2D eigenvalue weighted by molar-refractivity contribution is 6.07. The van der Waals surface area contributed by atoms with Crippen molar-refractivity contribution in [3.8, 4) is 5.75 Å². The number of methoxy groups -OCH3 is 1. The second-order valence-corrected chi connectivity index (χ2v) is 11.5. The SMILES string of the molecule is COc1ccccc1[C@H]1CC(=O)C2=C(C1)NC(C)=C(C(=O)O[C@H]1CN(C)CC1(F)F)[C@]2(C)c1cccc2[nH]ccc12. The minimum atomic E-state index is -3.18. The van der Waals surface area contributed by atoms with Crippen LogP contribution in [0.15, 0.2) is 77.3 Å². The van der Waals surface area contributed by atoms with Gasteiger partial charge in [-0.05, 0) is 56.6 Å². The number of ether oxygens (including phenoxy) is 2. The molecule has 7 nitrogen and oxygen atoms in total. The molecule has 2 aromatic carbocycles. The van der Waals surface area contributed by atoms with Gasteiger partial charge in [-0.15, -0.1) is 0 Å². The predicted octanol–water partition coefficient (Wildman–Crippen LogP) is 5.20. The van der Waals surface area contributed by atoms with E-state index in [1.54, 1.807) is 27.3 Å².